The highest BCUT2D eigenvalue weighted by Crippen LogP contribution is 2.41. The summed E-state index contributed by atoms with van der Waals surface area (Å²) in [5.41, 5.74) is 7.32. The summed E-state index contributed by atoms with van der Waals surface area (Å²) in [7, 11) is 0. The fourth-order valence-electron chi connectivity index (χ4n) is 6.79. The van der Waals surface area contributed by atoms with Crippen LogP contribution >= 0.6 is 11.3 Å². The molecule has 6 aromatic carbocycles. The SMILES string of the molecule is c1ccc2c(c1)sc1ccc3oc(-n4c5ccccc5c5ccc(-n6c7ccccc7c7ccccc76)cc54)nc3c12. The summed E-state index contributed by atoms with van der Waals surface area (Å²) in [4.78, 5) is 5.19. The van der Waals surface area contributed by atoms with Gasteiger partial charge in [0.05, 0.1) is 22.1 Å². The zero-order valence-electron chi connectivity index (χ0n) is 22.3. The molecule has 5 heteroatoms. The Morgan fingerprint density at radius 2 is 1.10 bits per heavy atom. The van der Waals surface area contributed by atoms with Crippen molar-refractivity contribution in [3.8, 4) is 11.7 Å². The summed E-state index contributed by atoms with van der Waals surface area (Å²) in [6.45, 7) is 0. The van der Waals surface area contributed by atoms with Gasteiger partial charge >= 0.3 is 6.01 Å². The highest BCUT2D eigenvalue weighted by Gasteiger charge is 2.20. The number of benzene rings is 6. The molecule has 10 rings (SSSR count). The highest BCUT2D eigenvalue weighted by atomic mass is 32.1. The van der Waals surface area contributed by atoms with Gasteiger partial charge in [0, 0.05) is 47.4 Å². The predicted octanol–water partition coefficient (Wildman–Crippen LogP) is 10.4. The third-order valence-electron chi connectivity index (χ3n) is 8.57. The van der Waals surface area contributed by atoms with E-state index in [9.17, 15) is 0 Å². The Morgan fingerprint density at radius 3 is 1.81 bits per heavy atom. The van der Waals surface area contributed by atoms with Crippen LogP contribution < -0.4 is 0 Å². The second kappa shape index (κ2) is 8.09. The summed E-state index contributed by atoms with van der Waals surface area (Å²) in [5, 5.41) is 7.23. The lowest BCUT2D eigenvalue weighted by atomic mass is 10.1. The normalized spacial score (nSPS) is 12.3. The topological polar surface area (TPSA) is 35.9 Å². The van der Waals surface area contributed by atoms with Crippen molar-refractivity contribution in [3.63, 3.8) is 0 Å². The van der Waals surface area contributed by atoms with E-state index in [0.29, 0.717) is 6.01 Å². The molecule has 196 valence electrons. The van der Waals surface area contributed by atoms with Crippen molar-refractivity contribution < 1.29 is 4.42 Å². The van der Waals surface area contributed by atoms with Crippen LogP contribution in [0.2, 0.25) is 0 Å². The zero-order valence-corrected chi connectivity index (χ0v) is 23.1. The number of hydrogen-bond acceptors (Lipinski definition) is 3. The molecule has 0 N–H and O–H groups in total. The van der Waals surface area contributed by atoms with Crippen molar-refractivity contribution in [3.05, 3.63) is 127 Å². The minimum atomic E-state index is 0.582. The first-order chi connectivity index (χ1) is 20.8. The Balaban J connectivity index is 1.30. The molecular weight excluding hydrogens is 534 g/mol. The lowest BCUT2D eigenvalue weighted by molar-refractivity contribution is 0.574. The van der Waals surface area contributed by atoms with E-state index in [4.69, 9.17) is 9.40 Å². The van der Waals surface area contributed by atoms with Crippen molar-refractivity contribution in [2.24, 2.45) is 0 Å². The Morgan fingerprint density at radius 1 is 0.500 bits per heavy atom. The standard InChI is InChI=1S/C37H21N3OS/c1-5-13-28-23(9-1)24-10-2-6-14-29(24)39(28)22-17-18-26-25-11-3-7-15-30(25)40(31(26)21-22)37-38-36-32(41-37)19-20-34-35(36)27-12-4-8-16-33(27)42-34/h1-21H. The lowest BCUT2D eigenvalue weighted by Crippen LogP contribution is -1.97. The van der Waals surface area contributed by atoms with Gasteiger partial charge in [0.25, 0.3) is 0 Å². The smallest absolute Gasteiger partial charge is 0.307 e. The van der Waals surface area contributed by atoms with E-state index in [1.807, 2.05) is 0 Å². The molecule has 0 aliphatic rings. The van der Waals surface area contributed by atoms with Gasteiger partial charge in [-0.3, -0.25) is 4.57 Å². The van der Waals surface area contributed by atoms with Gasteiger partial charge in [-0.1, -0.05) is 78.9 Å². The molecule has 0 saturated carbocycles. The van der Waals surface area contributed by atoms with Crippen LogP contribution in [0, 0.1) is 0 Å². The van der Waals surface area contributed by atoms with E-state index in [-0.39, 0.29) is 0 Å². The third kappa shape index (κ3) is 2.88. The van der Waals surface area contributed by atoms with Crippen LogP contribution in [0.15, 0.2) is 132 Å². The van der Waals surface area contributed by atoms with Crippen molar-refractivity contribution >= 4 is 86.2 Å². The van der Waals surface area contributed by atoms with Crippen LogP contribution in [-0.4, -0.2) is 14.1 Å². The average molecular weight is 556 g/mol. The summed E-state index contributed by atoms with van der Waals surface area (Å²) < 4.78 is 13.6. The summed E-state index contributed by atoms with van der Waals surface area (Å²) in [6.07, 6.45) is 0. The maximum absolute atomic E-state index is 6.58. The Labute approximate surface area is 243 Å². The molecule has 0 spiro atoms. The molecule has 0 aliphatic carbocycles. The van der Waals surface area contributed by atoms with E-state index in [1.165, 1.54) is 47.4 Å². The Bertz CT molecular complexity index is 2650. The van der Waals surface area contributed by atoms with Gasteiger partial charge in [0.1, 0.15) is 5.52 Å². The molecule has 0 amide bonds. The maximum atomic E-state index is 6.58. The van der Waals surface area contributed by atoms with Crippen LogP contribution in [0.25, 0.3) is 86.6 Å². The van der Waals surface area contributed by atoms with Crippen LogP contribution in [0.5, 0.6) is 0 Å². The molecule has 0 saturated heterocycles. The molecule has 0 unspecified atom stereocenters. The Kier molecular flexibility index (Phi) is 4.30. The predicted molar refractivity (Wildman–Crippen MR) is 176 cm³/mol. The van der Waals surface area contributed by atoms with E-state index in [0.717, 1.165) is 33.2 Å². The van der Waals surface area contributed by atoms with E-state index in [2.05, 4.69) is 137 Å². The molecule has 0 fully saturated rings. The van der Waals surface area contributed by atoms with Gasteiger partial charge < -0.3 is 8.98 Å². The molecule has 0 radical (unpaired) electrons. The molecular formula is C37H21N3OS. The third-order valence-corrected chi connectivity index (χ3v) is 9.71. The first-order valence-electron chi connectivity index (χ1n) is 14.1. The van der Waals surface area contributed by atoms with E-state index >= 15 is 0 Å². The van der Waals surface area contributed by atoms with E-state index < -0.39 is 0 Å². The second-order valence-corrected chi connectivity index (χ2v) is 11.9. The monoisotopic (exact) mass is 555 g/mol. The summed E-state index contributed by atoms with van der Waals surface area (Å²) in [5.74, 6) is 0. The molecule has 0 aliphatic heterocycles. The van der Waals surface area contributed by atoms with Gasteiger partial charge in [-0.25, -0.2) is 0 Å². The van der Waals surface area contributed by atoms with Gasteiger partial charge in [-0.05, 0) is 48.5 Å². The Hall–Kier alpha value is -5.39. The van der Waals surface area contributed by atoms with Crippen LogP contribution in [0.4, 0.5) is 0 Å². The first kappa shape index (κ1) is 22.3. The molecule has 4 heterocycles. The quantitative estimate of drug-likeness (QED) is 0.213. The van der Waals surface area contributed by atoms with Crippen molar-refractivity contribution in [2.75, 3.05) is 0 Å². The highest BCUT2D eigenvalue weighted by molar-refractivity contribution is 7.26. The fourth-order valence-corrected chi connectivity index (χ4v) is 7.90. The molecule has 0 atom stereocenters. The number of oxazole rings is 1. The number of thiophene rings is 1. The zero-order chi connectivity index (χ0) is 27.4. The number of rotatable bonds is 2. The minimum Gasteiger partial charge on any atom is -0.423 e. The fraction of sp³-hybridized carbons (Fsp3) is 0. The van der Waals surface area contributed by atoms with Gasteiger partial charge in [0.2, 0.25) is 0 Å². The van der Waals surface area contributed by atoms with Crippen LogP contribution in [0.3, 0.4) is 0 Å². The van der Waals surface area contributed by atoms with Gasteiger partial charge in [-0.2, -0.15) is 4.98 Å². The van der Waals surface area contributed by atoms with Crippen molar-refractivity contribution in [2.45, 2.75) is 0 Å². The maximum Gasteiger partial charge on any atom is 0.307 e. The lowest BCUT2D eigenvalue weighted by Gasteiger charge is -2.09. The number of fused-ring (bicyclic) bond motifs is 11. The molecule has 10 aromatic rings. The molecule has 4 aromatic heterocycles. The second-order valence-electron chi connectivity index (χ2n) is 10.8. The number of para-hydroxylation sites is 3. The molecule has 0 bridgehead atoms. The number of hydrogen-bond donors (Lipinski definition) is 0. The number of aromatic nitrogens is 3. The minimum absolute atomic E-state index is 0.582. The largest absolute Gasteiger partial charge is 0.423 e. The molecule has 42 heavy (non-hydrogen) atoms. The van der Waals surface area contributed by atoms with E-state index in [1.54, 1.807) is 11.3 Å². The summed E-state index contributed by atoms with van der Waals surface area (Å²) >= 11 is 1.80. The first-order valence-corrected chi connectivity index (χ1v) is 14.9. The van der Waals surface area contributed by atoms with Gasteiger partial charge in [-0.15, -0.1) is 11.3 Å². The van der Waals surface area contributed by atoms with Crippen LogP contribution in [0.1, 0.15) is 0 Å². The van der Waals surface area contributed by atoms with Crippen molar-refractivity contribution in [1.82, 2.24) is 14.1 Å². The molecule has 4 nitrogen and oxygen atoms in total. The van der Waals surface area contributed by atoms with Crippen molar-refractivity contribution in [1.29, 1.82) is 0 Å². The number of nitrogens with zero attached hydrogens (tertiary/aromatic N) is 3. The average Bonchev–Trinajstić information content (AvgIpc) is 3.79. The van der Waals surface area contributed by atoms with Gasteiger partial charge in [0.15, 0.2) is 5.58 Å². The van der Waals surface area contributed by atoms with Crippen LogP contribution in [-0.2, 0) is 0 Å². The summed E-state index contributed by atoms with van der Waals surface area (Å²) in [6, 6.07) is 45.9.